The van der Waals surface area contributed by atoms with Crippen molar-refractivity contribution in [2.75, 3.05) is 59.0 Å². The first-order chi connectivity index (χ1) is 24.1. The van der Waals surface area contributed by atoms with Gasteiger partial charge in [-0.05, 0) is 48.6 Å². The first kappa shape index (κ1) is 35.7. The summed E-state index contributed by atoms with van der Waals surface area (Å²) in [5.41, 5.74) is 3.04. The molecular formula is C35H40ClFN6O6S. The number of carbonyl (C=O) groups excluding carboxylic acids is 3. The summed E-state index contributed by atoms with van der Waals surface area (Å²) in [6.45, 7) is 4.01. The number of fused-ring (bicyclic) bond motifs is 1. The lowest BCUT2D eigenvalue weighted by Crippen LogP contribution is -2.61. The average Bonchev–Trinajstić information content (AvgIpc) is 3.71. The van der Waals surface area contributed by atoms with Gasteiger partial charge in [0, 0.05) is 67.9 Å². The third kappa shape index (κ3) is 7.07. The molecule has 2 N–H and O–H groups in total. The number of nitrogens with zero attached hydrogens (tertiary/aromatic N) is 4. The standard InChI is InChI=1S/C35H40ClFN6O6S/c1-35(38-13-16-50-35)33-39-26(30(32(45)49-4)31(40-33)24-11-8-22(37)17-25(24)36)18-41-14-15-42-27(28(41)20-47-2)19-43(34(42)46)23-9-5-21(6-10-23)7-12-29(44)48-3/h5-6,8-11,13,16-17,27-28,31,38H,7,12,14-15,18-20H2,1-4H3,(H,39,40)/t27-,28-,31+,35?/m1/s1. The number of urea groups is 1. The van der Waals surface area contributed by atoms with Crippen LogP contribution in [0.3, 0.4) is 0 Å². The Bertz CT molecular complexity index is 1730. The molecule has 2 saturated heterocycles. The topological polar surface area (TPSA) is 125 Å². The van der Waals surface area contributed by atoms with Crippen LogP contribution in [-0.2, 0) is 30.2 Å². The predicted octanol–water partition coefficient (Wildman–Crippen LogP) is 4.22. The van der Waals surface area contributed by atoms with Crippen LogP contribution in [0.4, 0.5) is 14.9 Å². The Balaban J connectivity index is 1.30. The molecule has 2 fully saturated rings. The summed E-state index contributed by atoms with van der Waals surface area (Å²) in [7, 11) is 4.31. The number of rotatable bonds is 11. The molecule has 12 nitrogen and oxygen atoms in total. The number of nitrogens with one attached hydrogen (secondary N) is 2. The molecule has 2 aromatic rings. The molecule has 0 bridgehead atoms. The number of hydrogen-bond donors (Lipinski definition) is 2. The number of thioether (sulfide) groups is 1. The number of amides is 2. The molecule has 4 heterocycles. The molecule has 2 amide bonds. The monoisotopic (exact) mass is 726 g/mol. The number of carbonyl (C=O) groups is 3. The molecule has 4 atom stereocenters. The smallest absolute Gasteiger partial charge is 0.338 e. The second kappa shape index (κ2) is 15.0. The fraction of sp³-hybridized carbons (Fsp3) is 0.429. The van der Waals surface area contributed by atoms with Crippen LogP contribution >= 0.6 is 23.4 Å². The number of anilines is 1. The lowest BCUT2D eigenvalue weighted by Gasteiger charge is -2.44. The van der Waals surface area contributed by atoms with Crippen LogP contribution in [0.1, 0.15) is 30.5 Å². The Morgan fingerprint density at radius 2 is 1.90 bits per heavy atom. The number of aliphatic imine (C=N–C) groups is 1. The number of ether oxygens (including phenoxy) is 3. The highest BCUT2D eigenvalue weighted by Crippen LogP contribution is 2.40. The van der Waals surface area contributed by atoms with Gasteiger partial charge >= 0.3 is 18.0 Å². The van der Waals surface area contributed by atoms with Gasteiger partial charge in [-0.2, -0.15) is 0 Å². The fourth-order valence-corrected chi connectivity index (χ4v) is 7.90. The average molecular weight is 727 g/mol. The molecule has 266 valence electrons. The number of aryl methyl sites for hydroxylation is 1. The van der Waals surface area contributed by atoms with Crippen LogP contribution in [0.5, 0.6) is 0 Å². The van der Waals surface area contributed by atoms with E-state index in [1.54, 1.807) is 18.1 Å². The van der Waals surface area contributed by atoms with Gasteiger partial charge in [-0.3, -0.25) is 19.6 Å². The minimum Gasteiger partial charge on any atom is -0.469 e. The van der Waals surface area contributed by atoms with E-state index in [9.17, 15) is 18.8 Å². The third-order valence-corrected chi connectivity index (χ3v) is 10.9. The molecule has 15 heteroatoms. The Labute approximate surface area is 299 Å². The second-order valence-electron chi connectivity index (χ2n) is 12.5. The maximum atomic E-state index is 14.2. The van der Waals surface area contributed by atoms with E-state index in [1.807, 2.05) is 47.7 Å². The SMILES string of the molecule is COC[C@@H]1[C@H]2CN(c3ccc(CCC(=O)OC)cc3)C(=O)N2CCN1CC1=C(C(=O)OC)[C@H](c2ccc(F)cc2Cl)N=C(C2(C)NC=CS2)N1. The number of esters is 2. The lowest BCUT2D eigenvalue weighted by molar-refractivity contribution is -0.140. The first-order valence-corrected chi connectivity index (χ1v) is 17.5. The van der Waals surface area contributed by atoms with Crippen LogP contribution in [0.25, 0.3) is 0 Å². The molecule has 4 aliphatic rings. The highest BCUT2D eigenvalue weighted by atomic mass is 35.5. The lowest BCUT2D eigenvalue weighted by atomic mass is 9.94. The Kier molecular flexibility index (Phi) is 10.7. The van der Waals surface area contributed by atoms with Crippen molar-refractivity contribution in [1.29, 1.82) is 0 Å². The number of halogens is 2. The van der Waals surface area contributed by atoms with E-state index in [2.05, 4.69) is 15.5 Å². The zero-order valence-corrected chi connectivity index (χ0v) is 29.9. The molecule has 0 aromatic heterocycles. The fourth-order valence-electron chi connectivity index (χ4n) is 6.87. The van der Waals surface area contributed by atoms with Gasteiger partial charge in [-0.15, -0.1) is 0 Å². The quantitative estimate of drug-likeness (QED) is 0.326. The van der Waals surface area contributed by atoms with E-state index >= 15 is 0 Å². The van der Waals surface area contributed by atoms with Gasteiger partial charge in [0.05, 0.1) is 38.5 Å². The van der Waals surface area contributed by atoms with Crippen molar-refractivity contribution in [2.45, 2.75) is 42.8 Å². The number of amidine groups is 1. The number of piperazine rings is 1. The molecular weight excluding hydrogens is 687 g/mol. The van der Waals surface area contributed by atoms with Crippen LogP contribution < -0.4 is 15.5 Å². The Morgan fingerprint density at radius 3 is 2.56 bits per heavy atom. The maximum Gasteiger partial charge on any atom is 0.338 e. The molecule has 1 unspecified atom stereocenters. The van der Waals surface area contributed by atoms with Gasteiger partial charge in [0.15, 0.2) is 0 Å². The second-order valence-corrected chi connectivity index (χ2v) is 14.3. The van der Waals surface area contributed by atoms with Gasteiger partial charge < -0.3 is 29.7 Å². The van der Waals surface area contributed by atoms with Crippen molar-refractivity contribution in [3.05, 3.63) is 87.3 Å². The molecule has 0 aliphatic carbocycles. The van der Waals surface area contributed by atoms with Gasteiger partial charge in [-0.25, -0.2) is 14.0 Å². The summed E-state index contributed by atoms with van der Waals surface area (Å²) in [6.07, 6.45) is 2.66. The summed E-state index contributed by atoms with van der Waals surface area (Å²) in [6, 6.07) is 10.3. The molecule has 0 radical (unpaired) electrons. The zero-order valence-electron chi connectivity index (χ0n) is 28.3. The van der Waals surface area contributed by atoms with Gasteiger partial charge in [0.25, 0.3) is 0 Å². The summed E-state index contributed by atoms with van der Waals surface area (Å²) in [4.78, 5) is 49.1. The highest BCUT2D eigenvalue weighted by molar-refractivity contribution is 8.04. The van der Waals surface area contributed by atoms with E-state index < -0.39 is 22.7 Å². The van der Waals surface area contributed by atoms with E-state index in [0.717, 1.165) is 11.3 Å². The van der Waals surface area contributed by atoms with Crippen molar-refractivity contribution in [3.63, 3.8) is 0 Å². The van der Waals surface area contributed by atoms with Crippen LogP contribution in [0.15, 0.2) is 70.3 Å². The molecule has 50 heavy (non-hydrogen) atoms. The Hall–Kier alpha value is -4.11. The van der Waals surface area contributed by atoms with Crippen LogP contribution in [-0.4, -0.2) is 105 Å². The van der Waals surface area contributed by atoms with Gasteiger partial charge in [0.1, 0.15) is 22.6 Å². The predicted molar refractivity (Wildman–Crippen MR) is 189 cm³/mol. The molecule has 6 rings (SSSR count). The molecule has 2 aromatic carbocycles. The van der Waals surface area contributed by atoms with Crippen molar-refractivity contribution >= 4 is 52.9 Å². The van der Waals surface area contributed by atoms with E-state index in [-0.39, 0.29) is 47.6 Å². The van der Waals surface area contributed by atoms with Crippen molar-refractivity contribution in [2.24, 2.45) is 4.99 Å². The van der Waals surface area contributed by atoms with Gasteiger partial charge in [0.2, 0.25) is 0 Å². The van der Waals surface area contributed by atoms with Crippen LogP contribution in [0.2, 0.25) is 5.02 Å². The maximum absolute atomic E-state index is 14.2. The minimum absolute atomic E-state index is 0.0893. The van der Waals surface area contributed by atoms with Gasteiger partial charge in [-0.1, -0.05) is 41.6 Å². The molecule has 0 saturated carbocycles. The van der Waals surface area contributed by atoms with E-state index in [4.69, 9.17) is 30.8 Å². The number of hydrogen-bond acceptors (Lipinski definition) is 11. The molecule has 0 spiro atoms. The van der Waals surface area contributed by atoms with Crippen molar-refractivity contribution < 1.29 is 33.0 Å². The van der Waals surface area contributed by atoms with Crippen molar-refractivity contribution in [3.8, 4) is 0 Å². The highest BCUT2D eigenvalue weighted by Gasteiger charge is 2.48. The number of benzene rings is 2. The minimum atomic E-state index is -0.872. The Morgan fingerprint density at radius 1 is 1.12 bits per heavy atom. The third-order valence-electron chi connectivity index (χ3n) is 9.55. The van der Waals surface area contributed by atoms with E-state index in [0.29, 0.717) is 49.8 Å². The normalized spacial score (nSPS) is 24.9. The first-order valence-electron chi connectivity index (χ1n) is 16.3. The van der Waals surface area contributed by atoms with Crippen LogP contribution in [0, 0.1) is 5.82 Å². The summed E-state index contributed by atoms with van der Waals surface area (Å²) < 4.78 is 29.9. The molecule has 4 aliphatic heterocycles. The van der Waals surface area contributed by atoms with E-state index in [1.165, 1.54) is 38.1 Å². The zero-order chi connectivity index (χ0) is 35.6. The summed E-state index contributed by atoms with van der Waals surface area (Å²) in [5, 5.41) is 8.86. The summed E-state index contributed by atoms with van der Waals surface area (Å²) in [5.74, 6) is -0.791. The number of methoxy groups -OCH3 is 3. The van der Waals surface area contributed by atoms with Crippen molar-refractivity contribution in [1.82, 2.24) is 20.4 Å². The summed E-state index contributed by atoms with van der Waals surface area (Å²) >= 11 is 8.10. The largest absolute Gasteiger partial charge is 0.469 e.